The number of hydrogen-bond donors (Lipinski definition) is 2. The van der Waals surface area contributed by atoms with Crippen molar-refractivity contribution in [1.29, 1.82) is 0 Å². The summed E-state index contributed by atoms with van der Waals surface area (Å²) in [6.07, 6.45) is 0.560. The maximum Gasteiger partial charge on any atom is 0.355 e. The highest BCUT2D eigenvalue weighted by molar-refractivity contribution is 7.21. The Hall–Kier alpha value is -1.24. The fraction of sp³-hybridized carbons (Fsp3) is 0.200. The number of rotatable bonds is 4. The number of aromatic nitrogens is 1. The van der Waals surface area contributed by atoms with E-state index in [0.29, 0.717) is 13.0 Å². The van der Waals surface area contributed by atoms with Crippen molar-refractivity contribution in [2.24, 2.45) is 5.73 Å². The van der Waals surface area contributed by atoms with Crippen molar-refractivity contribution in [1.82, 2.24) is 4.98 Å². The number of nitrogens with two attached hydrogens (primary N) is 1. The number of thiazole rings is 1. The van der Waals surface area contributed by atoms with Gasteiger partial charge in [0.15, 0.2) is 5.69 Å². The van der Waals surface area contributed by atoms with Crippen LogP contribution in [0, 0.1) is 0 Å². The molecule has 2 heterocycles. The Bertz CT molecular complexity index is 491. The number of aromatic carboxylic acids is 1. The molecule has 0 atom stereocenters. The van der Waals surface area contributed by atoms with E-state index < -0.39 is 5.97 Å². The highest BCUT2D eigenvalue weighted by atomic mass is 32.1. The lowest BCUT2D eigenvalue weighted by Gasteiger charge is -1.92. The molecular formula is C10H10N2O2S2. The van der Waals surface area contributed by atoms with Crippen LogP contribution in [0.5, 0.6) is 0 Å². The fourth-order valence-electron chi connectivity index (χ4n) is 1.33. The molecule has 4 nitrogen and oxygen atoms in total. The molecule has 2 aromatic heterocycles. The first-order valence-electron chi connectivity index (χ1n) is 4.69. The van der Waals surface area contributed by atoms with Gasteiger partial charge in [-0.1, -0.05) is 6.07 Å². The lowest BCUT2D eigenvalue weighted by molar-refractivity contribution is 0.0690. The second kappa shape index (κ2) is 4.73. The standard InChI is InChI=1S/C10H10N2O2S2/c11-4-3-6-8(10(13)14)12-9(16-6)7-2-1-5-15-7/h1-2,5H,3-4,11H2,(H,13,14). The van der Waals surface area contributed by atoms with Crippen molar-refractivity contribution >= 4 is 28.6 Å². The van der Waals surface area contributed by atoms with Crippen LogP contribution in [0.1, 0.15) is 15.4 Å². The van der Waals surface area contributed by atoms with Gasteiger partial charge < -0.3 is 10.8 Å². The second-order valence-corrected chi connectivity index (χ2v) is 5.14. The largest absolute Gasteiger partial charge is 0.476 e. The fourth-order valence-corrected chi connectivity index (χ4v) is 3.19. The zero-order chi connectivity index (χ0) is 11.5. The molecular weight excluding hydrogens is 244 g/mol. The van der Waals surface area contributed by atoms with Gasteiger partial charge in [0.05, 0.1) is 4.88 Å². The summed E-state index contributed by atoms with van der Waals surface area (Å²) in [5.74, 6) is -0.984. The Kier molecular flexibility index (Phi) is 3.33. The van der Waals surface area contributed by atoms with Gasteiger partial charge in [-0.15, -0.1) is 22.7 Å². The molecule has 0 fully saturated rings. The van der Waals surface area contributed by atoms with Gasteiger partial charge in [-0.2, -0.15) is 0 Å². The number of hydrogen-bond acceptors (Lipinski definition) is 5. The van der Waals surface area contributed by atoms with Crippen LogP contribution in [0.15, 0.2) is 17.5 Å². The van der Waals surface area contributed by atoms with E-state index >= 15 is 0 Å². The number of carboxylic acid groups (broad SMARTS) is 1. The molecule has 0 aliphatic rings. The number of thiophene rings is 1. The lowest BCUT2D eigenvalue weighted by Crippen LogP contribution is -2.06. The Morgan fingerprint density at radius 3 is 2.94 bits per heavy atom. The first-order valence-corrected chi connectivity index (χ1v) is 6.39. The van der Waals surface area contributed by atoms with Crippen molar-refractivity contribution in [2.45, 2.75) is 6.42 Å². The number of carbonyl (C=O) groups is 1. The summed E-state index contributed by atoms with van der Waals surface area (Å²) in [5, 5.41) is 11.7. The summed E-state index contributed by atoms with van der Waals surface area (Å²) < 4.78 is 0. The third kappa shape index (κ3) is 2.13. The molecule has 0 saturated heterocycles. The van der Waals surface area contributed by atoms with E-state index in [1.165, 1.54) is 11.3 Å². The molecule has 0 aliphatic heterocycles. The van der Waals surface area contributed by atoms with E-state index in [9.17, 15) is 4.79 Å². The van der Waals surface area contributed by atoms with Gasteiger partial charge in [-0.25, -0.2) is 9.78 Å². The van der Waals surface area contributed by atoms with Crippen molar-refractivity contribution in [3.8, 4) is 9.88 Å². The second-order valence-electron chi connectivity index (χ2n) is 3.11. The minimum Gasteiger partial charge on any atom is -0.476 e. The average Bonchev–Trinajstić information content (AvgIpc) is 2.83. The molecule has 2 aromatic rings. The van der Waals surface area contributed by atoms with E-state index in [-0.39, 0.29) is 5.69 Å². The predicted octanol–water partition coefficient (Wildman–Crippen LogP) is 2.07. The summed E-state index contributed by atoms with van der Waals surface area (Å²) in [5.41, 5.74) is 5.58. The monoisotopic (exact) mass is 254 g/mol. The molecule has 16 heavy (non-hydrogen) atoms. The molecule has 0 aliphatic carbocycles. The van der Waals surface area contributed by atoms with Gasteiger partial charge in [0, 0.05) is 4.88 Å². The third-order valence-corrected chi connectivity index (χ3v) is 4.16. The molecule has 0 radical (unpaired) electrons. The Morgan fingerprint density at radius 2 is 2.38 bits per heavy atom. The van der Waals surface area contributed by atoms with E-state index in [2.05, 4.69) is 4.98 Å². The van der Waals surface area contributed by atoms with E-state index in [0.717, 1.165) is 14.8 Å². The zero-order valence-electron chi connectivity index (χ0n) is 8.34. The molecule has 2 rings (SSSR count). The number of nitrogens with zero attached hydrogens (tertiary/aromatic N) is 1. The molecule has 84 valence electrons. The van der Waals surface area contributed by atoms with E-state index in [1.54, 1.807) is 11.3 Å². The van der Waals surface area contributed by atoms with Crippen LogP contribution in [-0.2, 0) is 6.42 Å². The van der Waals surface area contributed by atoms with Crippen LogP contribution in [0.4, 0.5) is 0 Å². The Labute approximate surface area is 100 Å². The SMILES string of the molecule is NCCc1sc(-c2cccs2)nc1C(=O)O. The van der Waals surface area contributed by atoms with Crippen LogP contribution in [-0.4, -0.2) is 22.6 Å². The van der Waals surface area contributed by atoms with Gasteiger partial charge in [0.25, 0.3) is 0 Å². The molecule has 0 aromatic carbocycles. The molecule has 0 amide bonds. The smallest absolute Gasteiger partial charge is 0.355 e. The van der Waals surface area contributed by atoms with E-state index in [4.69, 9.17) is 10.8 Å². The maximum atomic E-state index is 11.0. The maximum absolute atomic E-state index is 11.0. The van der Waals surface area contributed by atoms with Crippen LogP contribution >= 0.6 is 22.7 Å². The van der Waals surface area contributed by atoms with Crippen LogP contribution in [0.2, 0.25) is 0 Å². The molecule has 0 saturated carbocycles. The van der Waals surface area contributed by atoms with Gasteiger partial charge in [-0.3, -0.25) is 0 Å². The minimum atomic E-state index is -0.984. The normalized spacial score (nSPS) is 10.6. The first kappa shape index (κ1) is 11.3. The first-order chi connectivity index (χ1) is 7.72. The molecule has 3 N–H and O–H groups in total. The van der Waals surface area contributed by atoms with Crippen LogP contribution in [0.3, 0.4) is 0 Å². The molecule has 0 bridgehead atoms. The van der Waals surface area contributed by atoms with Crippen molar-refractivity contribution in [2.75, 3.05) is 6.54 Å². The minimum absolute atomic E-state index is 0.138. The van der Waals surface area contributed by atoms with Crippen molar-refractivity contribution < 1.29 is 9.90 Å². The Morgan fingerprint density at radius 1 is 1.56 bits per heavy atom. The topological polar surface area (TPSA) is 76.2 Å². The summed E-state index contributed by atoms with van der Waals surface area (Å²) in [7, 11) is 0. The van der Waals surface area contributed by atoms with Gasteiger partial charge >= 0.3 is 5.97 Å². The quantitative estimate of drug-likeness (QED) is 0.875. The van der Waals surface area contributed by atoms with Crippen molar-refractivity contribution in [3.05, 3.63) is 28.1 Å². The average molecular weight is 254 g/mol. The highest BCUT2D eigenvalue weighted by Gasteiger charge is 2.17. The molecule has 6 heteroatoms. The zero-order valence-corrected chi connectivity index (χ0v) is 9.98. The van der Waals surface area contributed by atoms with Crippen LogP contribution in [0.25, 0.3) is 9.88 Å². The van der Waals surface area contributed by atoms with E-state index in [1.807, 2.05) is 17.5 Å². The summed E-state index contributed by atoms with van der Waals surface area (Å²) >= 11 is 2.96. The van der Waals surface area contributed by atoms with Gasteiger partial charge in [0.2, 0.25) is 0 Å². The predicted molar refractivity (Wildman–Crippen MR) is 65.1 cm³/mol. The molecule has 0 spiro atoms. The third-order valence-electron chi connectivity index (χ3n) is 2.00. The van der Waals surface area contributed by atoms with Gasteiger partial charge in [0.1, 0.15) is 5.01 Å². The van der Waals surface area contributed by atoms with Crippen LogP contribution < -0.4 is 5.73 Å². The summed E-state index contributed by atoms with van der Waals surface area (Å²) in [6.45, 7) is 0.437. The highest BCUT2D eigenvalue weighted by Crippen LogP contribution is 2.31. The van der Waals surface area contributed by atoms with Crippen molar-refractivity contribution in [3.63, 3.8) is 0 Å². The van der Waals surface area contributed by atoms with Gasteiger partial charge in [-0.05, 0) is 24.4 Å². The molecule has 0 unspecified atom stereocenters. The number of carboxylic acids is 1. The Balaban J connectivity index is 2.42. The lowest BCUT2D eigenvalue weighted by atomic mass is 10.3. The summed E-state index contributed by atoms with van der Waals surface area (Å²) in [6, 6.07) is 3.85. The summed E-state index contributed by atoms with van der Waals surface area (Å²) in [4.78, 5) is 16.9.